The molecule has 4 rings (SSSR count). The molecular weight excluding hydrogens is 358 g/mol. The lowest BCUT2D eigenvalue weighted by molar-refractivity contribution is 0.171. The Morgan fingerprint density at radius 3 is 2.82 bits per heavy atom. The van der Waals surface area contributed by atoms with E-state index in [-0.39, 0.29) is 23.8 Å². The Labute approximate surface area is 162 Å². The van der Waals surface area contributed by atoms with E-state index in [1.165, 1.54) is 24.5 Å². The molecule has 1 aromatic carbocycles. The van der Waals surface area contributed by atoms with Crippen LogP contribution in [0, 0.1) is 13.8 Å². The minimum absolute atomic E-state index is 0.0658. The van der Waals surface area contributed by atoms with Crippen LogP contribution in [0.2, 0.25) is 0 Å². The van der Waals surface area contributed by atoms with E-state index < -0.39 is 0 Å². The van der Waals surface area contributed by atoms with Gasteiger partial charge < -0.3 is 19.4 Å². The molecule has 2 amide bonds. The van der Waals surface area contributed by atoms with Crippen molar-refractivity contribution in [3.05, 3.63) is 47.2 Å². The number of aryl methyl sites for hydroxylation is 2. The molecule has 8 heteroatoms. The van der Waals surface area contributed by atoms with Crippen molar-refractivity contribution in [2.24, 2.45) is 0 Å². The van der Waals surface area contributed by atoms with Crippen molar-refractivity contribution < 1.29 is 13.9 Å². The molecule has 0 bridgehead atoms. The van der Waals surface area contributed by atoms with Crippen LogP contribution in [-0.2, 0) is 0 Å². The third-order valence-corrected chi connectivity index (χ3v) is 4.81. The number of anilines is 1. The van der Waals surface area contributed by atoms with Crippen LogP contribution in [0.15, 0.2) is 34.9 Å². The zero-order chi connectivity index (χ0) is 19.7. The molecule has 1 atom stereocenters. The standard InChI is InChI=1S/C20H23N5O3/c1-12-8-13(2)10-14(9-12)16-11-21-5-6-25(16)20(26)23-17-19(27-3)24-18-15(22-17)4-7-28-18/h4,7-10,16,21H,5-6,11H2,1-3H3,(H,22,23,26). The van der Waals surface area contributed by atoms with Crippen LogP contribution in [0.4, 0.5) is 10.6 Å². The number of nitrogens with zero attached hydrogens (tertiary/aromatic N) is 3. The number of methoxy groups -OCH3 is 1. The van der Waals surface area contributed by atoms with E-state index in [9.17, 15) is 4.79 Å². The number of amides is 2. The molecule has 0 aliphatic carbocycles. The second kappa shape index (κ2) is 7.47. The first-order chi connectivity index (χ1) is 13.5. The predicted octanol–water partition coefficient (Wildman–Crippen LogP) is 3.03. The Morgan fingerprint density at radius 2 is 2.07 bits per heavy atom. The largest absolute Gasteiger partial charge is 0.478 e. The van der Waals surface area contributed by atoms with E-state index in [1.54, 1.807) is 6.07 Å². The molecule has 1 aliphatic heterocycles. The zero-order valence-corrected chi connectivity index (χ0v) is 16.2. The van der Waals surface area contributed by atoms with Gasteiger partial charge in [-0.2, -0.15) is 4.98 Å². The minimum Gasteiger partial charge on any atom is -0.478 e. The molecule has 146 valence electrons. The molecule has 3 aromatic rings. The number of urea groups is 1. The van der Waals surface area contributed by atoms with Gasteiger partial charge in [0.1, 0.15) is 5.52 Å². The van der Waals surface area contributed by atoms with E-state index >= 15 is 0 Å². The van der Waals surface area contributed by atoms with Crippen molar-refractivity contribution in [1.82, 2.24) is 20.2 Å². The normalized spacial score (nSPS) is 17.0. The number of nitrogens with one attached hydrogen (secondary N) is 2. The number of hydrogen-bond acceptors (Lipinski definition) is 6. The maximum absolute atomic E-state index is 13.1. The van der Waals surface area contributed by atoms with Crippen LogP contribution < -0.4 is 15.4 Å². The zero-order valence-electron chi connectivity index (χ0n) is 16.2. The van der Waals surface area contributed by atoms with Gasteiger partial charge in [0.2, 0.25) is 5.71 Å². The Hall–Kier alpha value is -3.13. The summed E-state index contributed by atoms with van der Waals surface area (Å²) in [6.07, 6.45) is 1.50. The van der Waals surface area contributed by atoms with Gasteiger partial charge in [-0.1, -0.05) is 29.3 Å². The van der Waals surface area contributed by atoms with Crippen LogP contribution >= 0.6 is 0 Å². The SMILES string of the molecule is COc1nc2occc2nc1NC(=O)N1CCNCC1c1cc(C)cc(C)c1. The molecule has 2 aromatic heterocycles. The van der Waals surface area contributed by atoms with Gasteiger partial charge in [-0.05, 0) is 19.4 Å². The van der Waals surface area contributed by atoms with Gasteiger partial charge >= 0.3 is 6.03 Å². The Kier molecular flexibility index (Phi) is 4.87. The van der Waals surface area contributed by atoms with Crippen LogP contribution in [0.5, 0.6) is 5.88 Å². The first-order valence-corrected chi connectivity index (χ1v) is 9.21. The maximum Gasteiger partial charge on any atom is 0.323 e. The summed E-state index contributed by atoms with van der Waals surface area (Å²) in [5.74, 6) is 0.494. The van der Waals surface area contributed by atoms with E-state index in [4.69, 9.17) is 9.15 Å². The fraction of sp³-hybridized carbons (Fsp3) is 0.350. The lowest BCUT2D eigenvalue weighted by Crippen LogP contribution is -2.50. The number of carbonyl (C=O) groups excluding carboxylic acids is 1. The highest BCUT2D eigenvalue weighted by Crippen LogP contribution is 2.27. The molecule has 1 aliphatic rings. The van der Waals surface area contributed by atoms with Gasteiger partial charge in [-0.25, -0.2) is 9.78 Å². The number of rotatable bonds is 3. The Bertz CT molecular complexity index is 996. The van der Waals surface area contributed by atoms with Crippen molar-refractivity contribution in [2.75, 3.05) is 32.1 Å². The summed E-state index contributed by atoms with van der Waals surface area (Å²) < 4.78 is 10.5. The second-order valence-corrected chi connectivity index (χ2v) is 6.96. The van der Waals surface area contributed by atoms with Crippen molar-refractivity contribution >= 4 is 23.1 Å². The predicted molar refractivity (Wildman–Crippen MR) is 106 cm³/mol. The number of fused-ring (bicyclic) bond motifs is 1. The van der Waals surface area contributed by atoms with Gasteiger partial charge in [-0.15, -0.1) is 0 Å². The van der Waals surface area contributed by atoms with E-state index in [0.717, 1.165) is 12.1 Å². The summed E-state index contributed by atoms with van der Waals surface area (Å²) in [6.45, 7) is 6.15. The highest BCUT2D eigenvalue weighted by Gasteiger charge is 2.29. The molecule has 0 spiro atoms. The Morgan fingerprint density at radius 1 is 1.29 bits per heavy atom. The van der Waals surface area contributed by atoms with Gasteiger partial charge in [0, 0.05) is 25.7 Å². The third kappa shape index (κ3) is 3.50. The van der Waals surface area contributed by atoms with Crippen molar-refractivity contribution in [3.8, 4) is 5.88 Å². The number of ether oxygens (including phenoxy) is 1. The fourth-order valence-electron chi connectivity index (χ4n) is 3.62. The second-order valence-electron chi connectivity index (χ2n) is 6.96. The van der Waals surface area contributed by atoms with Crippen molar-refractivity contribution in [2.45, 2.75) is 19.9 Å². The number of aromatic nitrogens is 2. The minimum atomic E-state index is -0.235. The smallest absolute Gasteiger partial charge is 0.323 e. The number of piperazine rings is 1. The summed E-state index contributed by atoms with van der Waals surface area (Å²) >= 11 is 0. The lowest BCUT2D eigenvalue weighted by Gasteiger charge is -2.36. The van der Waals surface area contributed by atoms with Crippen LogP contribution in [0.25, 0.3) is 11.2 Å². The van der Waals surface area contributed by atoms with Gasteiger partial charge in [0.15, 0.2) is 5.82 Å². The van der Waals surface area contributed by atoms with Gasteiger partial charge in [0.05, 0.1) is 19.4 Å². The summed E-state index contributed by atoms with van der Waals surface area (Å²) in [4.78, 5) is 23.6. The summed E-state index contributed by atoms with van der Waals surface area (Å²) in [5.41, 5.74) is 4.40. The number of furan rings is 1. The molecule has 0 saturated carbocycles. The molecule has 0 radical (unpaired) electrons. The van der Waals surface area contributed by atoms with Crippen LogP contribution in [0.1, 0.15) is 22.7 Å². The topological polar surface area (TPSA) is 92.5 Å². The summed E-state index contributed by atoms with van der Waals surface area (Å²) in [6, 6.07) is 7.78. The van der Waals surface area contributed by atoms with Crippen LogP contribution in [0.3, 0.4) is 0 Å². The average Bonchev–Trinajstić information content (AvgIpc) is 3.13. The number of benzene rings is 1. The van der Waals surface area contributed by atoms with Crippen molar-refractivity contribution in [1.29, 1.82) is 0 Å². The molecule has 28 heavy (non-hydrogen) atoms. The van der Waals surface area contributed by atoms with E-state index in [0.29, 0.717) is 24.3 Å². The summed E-state index contributed by atoms with van der Waals surface area (Å²) in [5, 5.41) is 6.24. The number of hydrogen-bond donors (Lipinski definition) is 2. The molecule has 1 saturated heterocycles. The average molecular weight is 381 g/mol. The first-order valence-electron chi connectivity index (χ1n) is 9.21. The third-order valence-electron chi connectivity index (χ3n) is 4.81. The fourth-order valence-corrected chi connectivity index (χ4v) is 3.62. The molecule has 3 heterocycles. The maximum atomic E-state index is 13.1. The van der Waals surface area contributed by atoms with Gasteiger partial charge in [0.25, 0.3) is 5.88 Å². The monoisotopic (exact) mass is 381 g/mol. The van der Waals surface area contributed by atoms with Crippen molar-refractivity contribution in [3.63, 3.8) is 0 Å². The molecular formula is C20H23N5O3. The first kappa shape index (κ1) is 18.2. The van der Waals surface area contributed by atoms with Gasteiger partial charge in [-0.3, -0.25) is 5.32 Å². The van der Waals surface area contributed by atoms with E-state index in [2.05, 4.69) is 52.6 Å². The molecule has 8 nitrogen and oxygen atoms in total. The highest BCUT2D eigenvalue weighted by molar-refractivity contribution is 5.91. The molecule has 1 unspecified atom stereocenters. The highest BCUT2D eigenvalue weighted by atomic mass is 16.5. The summed E-state index contributed by atoms with van der Waals surface area (Å²) in [7, 11) is 1.48. The quantitative estimate of drug-likeness (QED) is 0.724. The lowest BCUT2D eigenvalue weighted by atomic mass is 9.99. The number of carbonyl (C=O) groups is 1. The van der Waals surface area contributed by atoms with Crippen LogP contribution in [-0.4, -0.2) is 47.6 Å². The Balaban J connectivity index is 1.62. The molecule has 2 N–H and O–H groups in total. The molecule has 1 fully saturated rings. The van der Waals surface area contributed by atoms with E-state index in [1.807, 2.05) is 4.90 Å².